The molecule has 0 aliphatic heterocycles. The summed E-state index contributed by atoms with van der Waals surface area (Å²) in [4.78, 5) is 23.0. The first kappa shape index (κ1) is 11.0. The third kappa shape index (κ3) is 2.20. The minimum Gasteiger partial charge on any atom is -0.505 e. The minimum atomic E-state index is -0.817. The predicted molar refractivity (Wildman–Crippen MR) is 58.0 cm³/mol. The van der Waals surface area contributed by atoms with Crippen molar-refractivity contribution in [1.29, 1.82) is 0 Å². The molecule has 6 nitrogen and oxygen atoms in total. The van der Waals surface area contributed by atoms with Gasteiger partial charge in [0, 0.05) is 6.07 Å². The van der Waals surface area contributed by atoms with E-state index in [4.69, 9.17) is 8.83 Å². The zero-order valence-corrected chi connectivity index (χ0v) is 8.89. The molecule has 1 amide bonds. The first-order valence-corrected chi connectivity index (χ1v) is 4.76. The highest BCUT2D eigenvalue weighted by Gasteiger charge is 2.15. The molecule has 2 N–H and O–H groups in total. The number of aryl methyl sites for hydroxylation is 1. The van der Waals surface area contributed by atoms with E-state index < -0.39 is 11.5 Å². The highest BCUT2D eigenvalue weighted by atomic mass is 16.4. The molecule has 0 saturated carbocycles. The molecule has 88 valence electrons. The Bertz CT molecular complexity index is 597. The van der Waals surface area contributed by atoms with Crippen LogP contribution in [0.15, 0.2) is 38.1 Å². The predicted octanol–water partition coefficient (Wildman–Crippen LogP) is 1.50. The van der Waals surface area contributed by atoms with Crippen LogP contribution in [0.1, 0.15) is 16.3 Å². The number of carbonyl (C=O) groups excluding carboxylic acids is 1. The molecule has 6 heteroatoms. The van der Waals surface area contributed by atoms with Crippen LogP contribution in [0.4, 0.5) is 5.69 Å². The summed E-state index contributed by atoms with van der Waals surface area (Å²) in [5, 5.41) is 11.7. The molecule has 0 unspecified atom stereocenters. The summed E-state index contributed by atoms with van der Waals surface area (Å²) < 4.78 is 9.59. The molecule has 2 heterocycles. The third-order valence-electron chi connectivity index (χ3n) is 2.04. The van der Waals surface area contributed by atoms with Crippen LogP contribution >= 0.6 is 0 Å². The largest absolute Gasteiger partial charge is 0.505 e. The van der Waals surface area contributed by atoms with Gasteiger partial charge in [0.05, 0.1) is 6.26 Å². The molecule has 0 atom stereocenters. The molecule has 0 aliphatic rings. The van der Waals surface area contributed by atoms with E-state index in [1.807, 2.05) is 0 Å². The monoisotopic (exact) mass is 235 g/mol. The van der Waals surface area contributed by atoms with Crippen LogP contribution in [0.25, 0.3) is 0 Å². The molecule has 2 aromatic rings. The highest BCUT2D eigenvalue weighted by molar-refractivity contribution is 6.02. The van der Waals surface area contributed by atoms with Gasteiger partial charge < -0.3 is 19.3 Å². The average Bonchev–Trinajstić information content (AvgIpc) is 2.76. The van der Waals surface area contributed by atoms with Gasteiger partial charge in [0.25, 0.3) is 5.91 Å². The lowest BCUT2D eigenvalue weighted by Crippen LogP contribution is -2.17. The highest BCUT2D eigenvalue weighted by Crippen LogP contribution is 2.20. The molecule has 0 fully saturated rings. The maximum absolute atomic E-state index is 11.6. The van der Waals surface area contributed by atoms with Gasteiger partial charge in [-0.05, 0) is 19.1 Å². The number of furan rings is 1. The van der Waals surface area contributed by atoms with Crippen molar-refractivity contribution in [3.05, 3.63) is 46.4 Å². The average molecular weight is 235 g/mol. The number of carbonyl (C=O) groups is 1. The van der Waals surface area contributed by atoms with Gasteiger partial charge in [0.2, 0.25) is 0 Å². The van der Waals surface area contributed by atoms with Gasteiger partial charge in [-0.3, -0.25) is 4.79 Å². The normalized spacial score (nSPS) is 10.2. The topological polar surface area (TPSA) is 92.7 Å². The Morgan fingerprint density at radius 3 is 2.82 bits per heavy atom. The van der Waals surface area contributed by atoms with Gasteiger partial charge in [-0.1, -0.05) is 0 Å². The fourth-order valence-corrected chi connectivity index (χ4v) is 1.29. The fourth-order valence-electron chi connectivity index (χ4n) is 1.29. The standard InChI is InChI=1S/C11H9NO5/c1-6-5-7(13)9(11(15)17-6)12-10(14)8-3-2-4-16-8/h2-5,13H,1H3,(H,12,14). The van der Waals surface area contributed by atoms with Gasteiger partial charge in [0.1, 0.15) is 11.5 Å². The van der Waals surface area contributed by atoms with Crippen LogP contribution < -0.4 is 10.9 Å². The van der Waals surface area contributed by atoms with E-state index in [2.05, 4.69) is 5.32 Å². The summed E-state index contributed by atoms with van der Waals surface area (Å²) in [6, 6.07) is 4.20. The summed E-state index contributed by atoms with van der Waals surface area (Å²) in [5.41, 5.74) is -1.13. The molecule has 0 spiro atoms. The van der Waals surface area contributed by atoms with E-state index >= 15 is 0 Å². The number of hydrogen-bond acceptors (Lipinski definition) is 5. The smallest absolute Gasteiger partial charge is 0.363 e. The number of nitrogens with one attached hydrogen (secondary N) is 1. The number of amides is 1. The zero-order chi connectivity index (χ0) is 12.4. The van der Waals surface area contributed by atoms with Crippen molar-refractivity contribution in [3.8, 4) is 5.75 Å². The molecule has 0 aromatic carbocycles. The van der Waals surface area contributed by atoms with Crippen molar-refractivity contribution in [3.63, 3.8) is 0 Å². The molecule has 0 saturated heterocycles. The maximum atomic E-state index is 11.6. The number of anilines is 1. The second kappa shape index (κ2) is 4.17. The van der Waals surface area contributed by atoms with Gasteiger partial charge in [0.15, 0.2) is 11.4 Å². The Labute approximate surface area is 95.5 Å². The van der Waals surface area contributed by atoms with Crippen molar-refractivity contribution in [2.75, 3.05) is 5.32 Å². The first-order valence-electron chi connectivity index (χ1n) is 4.76. The van der Waals surface area contributed by atoms with Crippen molar-refractivity contribution >= 4 is 11.6 Å². The summed E-state index contributed by atoms with van der Waals surface area (Å²) >= 11 is 0. The van der Waals surface area contributed by atoms with Crippen molar-refractivity contribution in [1.82, 2.24) is 0 Å². The second-order valence-electron chi connectivity index (χ2n) is 3.34. The Balaban J connectivity index is 2.31. The Kier molecular flexibility index (Phi) is 2.70. The summed E-state index contributed by atoms with van der Waals surface area (Å²) in [6.45, 7) is 1.51. The second-order valence-corrected chi connectivity index (χ2v) is 3.34. The van der Waals surface area contributed by atoms with Crippen LogP contribution in [0.5, 0.6) is 5.75 Å². The van der Waals surface area contributed by atoms with Crippen molar-refractivity contribution in [2.45, 2.75) is 6.92 Å². The summed E-state index contributed by atoms with van der Waals surface area (Å²) in [5.74, 6) is -0.701. The minimum absolute atomic E-state index is 0.0318. The van der Waals surface area contributed by atoms with Crippen LogP contribution in [-0.2, 0) is 0 Å². The van der Waals surface area contributed by atoms with Crippen LogP contribution in [0.3, 0.4) is 0 Å². The lowest BCUT2D eigenvalue weighted by molar-refractivity contribution is 0.0995. The molecule has 2 rings (SSSR count). The van der Waals surface area contributed by atoms with E-state index in [0.717, 1.165) is 0 Å². The Morgan fingerprint density at radius 1 is 1.47 bits per heavy atom. The first-order chi connectivity index (χ1) is 8.08. The fraction of sp³-hybridized carbons (Fsp3) is 0.0909. The third-order valence-corrected chi connectivity index (χ3v) is 2.04. The van der Waals surface area contributed by atoms with Gasteiger partial charge in [-0.15, -0.1) is 0 Å². The van der Waals surface area contributed by atoms with E-state index in [1.165, 1.54) is 31.4 Å². The Hall–Kier alpha value is -2.50. The molecular weight excluding hydrogens is 226 g/mol. The zero-order valence-electron chi connectivity index (χ0n) is 8.89. The van der Waals surface area contributed by atoms with E-state index in [9.17, 15) is 14.7 Å². The SMILES string of the molecule is Cc1cc(O)c(NC(=O)c2ccco2)c(=O)o1. The molecular formula is C11H9NO5. The van der Waals surface area contributed by atoms with Gasteiger partial charge >= 0.3 is 5.63 Å². The summed E-state index contributed by atoms with van der Waals surface area (Å²) in [7, 11) is 0. The van der Waals surface area contributed by atoms with E-state index in [1.54, 1.807) is 0 Å². The Morgan fingerprint density at radius 2 is 2.24 bits per heavy atom. The van der Waals surface area contributed by atoms with Crippen molar-refractivity contribution in [2.24, 2.45) is 0 Å². The molecule has 0 aliphatic carbocycles. The number of hydrogen-bond donors (Lipinski definition) is 2. The molecule has 0 bridgehead atoms. The number of aromatic hydroxyl groups is 1. The molecule has 2 aromatic heterocycles. The van der Waals surface area contributed by atoms with Gasteiger partial charge in [-0.2, -0.15) is 0 Å². The van der Waals surface area contributed by atoms with Crippen LogP contribution in [0, 0.1) is 6.92 Å². The number of rotatable bonds is 2. The van der Waals surface area contributed by atoms with Gasteiger partial charge in [-0.25, -0.2) is 4.79 Å². The quantitative estimate of drug-likeness (QED) is 0.822. The molecule has 17 heavy (non-hydrogen) atoms. The maximum Gasteiger partial charge on any atom is 0.363 e. The van der Waals surface area contributed by atoms with Crippen LogP contribution in [0.2, 0.25) is 0 Å². The lowest BCUT2D eigenvalue weighted by Gasteiger charge is -2.04. The van der Waals surface area contributed by atoms with Crippen LogP contribution in [-0.4, -0.2) is 11.0 Å². The molecule has 0 radical (unpaired) electrons. The van der Waals surface area contributed by atoms with Crippen molar-refractivity contribution < 1.29 is 18.7 Å². The van der Waals surface area contributed by atoms with E-state index in [0.29, 0.717) is 0 Å². The summed E-state index contributed by atoms with van der Waals surface area (Å²) in [6.07, 6.45) is 1.33. The van der Waals surface area contributed by atoms with E-state index in [-0.39, 0.29) is 23.0 Å². The lowest BCUT2D eigenvalue weighted by atomic mass is 10.3.